The summed E-state index contributed by atoms with van der Waals surface area (Å²) in [5.74, 6) is 0.114. The average Bonchev–Trinajstić information content (AvgIpc) is 2.56. The van der Waals surface area contributed by atoms with E-state index in [-0.39, 0.29) is 19.1 Å². The molecule has 0 bridgehead atoms. The molecule has 1 amide bonds. The highest BCUT2D eigenvalue weighted by Crippen LogP contribution is 2.10. The van der Waals surface area contributed by atoms with Gasteiger partial charge in [-0.05, 0) is 12.8 Å². The zero-order chi connectivity index (χ0) is 17.2. The standard InChI is InChI=1S/C18H37NO4/c1-2-3-4-5-6-7-8-9-10-12-18(22)19-13-11-14-23-16-17(21)15-20/h17,20-21H,2-16H2,1H3,(H,19,22). The first kappa shape index (κ1) is 22.4. The van der Waals surface area contributed by atoms with Crippen LogP contribution in [0.2, 0.25) is 0 Å². The van der Waals surface area contributed by atoms with Crippen LogP contribution < -0.4 is 5.32 Å². The van der Waals surface area contributed by atoms with Gasteiger partial charge in [0.2, 0.25) is 5.91 Å². The predicted octanol–water partition coefficient (Wildman–Crippen LogP) is 2.78. The Bertz CT molecular complexity index is 261. The second kappa shape index (κ2) is 17.7. The van der Waals surface area contributed by atoms with E-state index in [1.807, 2.05) is 0 Å². The second-order valence-electron chi connectivity index (χ2n) is 6.19. The molecular formula is C18H37NO4. The molecule has 5 nitrogen and oxygen atoms in total. The average molecular weight is 331 g/mol. The van der Waals surface area contributed by atoms with E-state index in [1.54, 1.807) is 0 Å². The fourth-order valence-corrected chi connectivity index (χ4v) is 2.36. The molecule has 0 heterocycles. The van der Waals surface area contributed by atoms with E-state index < -0.39 is 6.10 Å². The molecule has 0 aliphatic rings. The van der Waals surface area contributed by atoms with Gasteiger partial charge in [-0.25, -0.2) is 0 Å². The van der Waals surface area contributed by atoms with Crippen LogP contribution in [0.1, 0.15) is 77.6 Å². The van der Waals surface area contributed by atoms with Crippen LogP contribution in [0.15, 0.2) is 0 Å². The fraction of sp³-hybridized carbons (Fsp3) is 0.944. The van der Waals surface area contributed by atoms with Gasteiger partial charge in [-0.2, -0.15) is 0 Å². The lowest BCUT2D eigenvalue weighted by Crippen LogP contribution is -2.25. The third-order valence-electron chi connectivity index (χ3n) is 3.82. The molecule has 0 aromatic heterocycles. The van der Waals surface area contributed by atoms with Gasteiger partial charge < -0.3 is 20.3 Å². The van der Waals surface area contributed by atoms with E-state index in [0.717, 1.165) is 19.3 Å². The van der Waals surface area contributed by atoms with Crippen LogP contribution in [0, 0.1) is 0 Å². The number of rotatable bonds is 17. The molecule has 23 heavy (non-hydrogen) atoms. The highest BCUT2D eigenvalue weighted by atomic mass is 16.5. The van der Waals surface area contributed by atoms with E-state index in [4.69, 9.17) is 14.9 Å². The number of carbonyl (C=O) groups is 1. The van der Waals surface area contributed by atoms with Gasteiger partial charge in [0.15, 0.2) is 0 Å². The van der Waals surface area contributed by atoms with Crippen molar-refractivity contribution in [2.45, 2.75) is 83.7 Å². The lowest BCUT2D eigenvalue weighted by Gasteiger charge is -2.08. The van der Waals surface area contributed by atoms with Gasteiger partial charge in [-0.15, -0.1) is 0 Å². The Morgan fingerprint density at radius 2 is 1.61 bits per heavy atom. The monoisotopic (exact) mass is 331 g/mol. The maximum absolute atomic E-state index is 11.6. The Hall–Kier alpha value is -0.650. The number of nitrogens with one attached hydrogen (secondary N) is 1. The van der Waals surface area contributed by atoms with E-state index in [9.17, 15) is 4.79 Å². The Morgan fingerprint density at radius 3 is 2.22 bits per heavy atom. The maximum Gasteiger partial charge on any atom is 0.219 e. The molecule has 1 atom stereocenters. The molecule has 0 spiro atoms. The molecule has 5 heteroatoms. The third-order valence-corrected chi connectivity index (χ3v) is 3.82. The van der Waals surface area contributed by atoms with E-state index >= 15 is 0 Å². The third kappa shape index (κ3) is 17.5. The van der Waals surface area contributed by atoms with E-state index in [0.29, 0.717) is 19.6 Å². The largest absolute Gasteiger partial charge is 0.394 e. The molecule has 0 aliphatic carbocycles. The molecular weight excluding hydrogens is 294 g/mol. The minimum Gasteiger partial charge on any atom is -0.394 e. The van der Waals surface area contributed by atoms with Crippen LogP contribution >= 0.6 is 0 Å². The Morgan fingerprint density at radius 1 is 1.00 bits per heavy atom. The molecule has 0 aliphatic heterocycles. The number of hydrogen-bond donors (Lipinski definition) is 3. The SMILES string of the molecule is CCCCCCCCCCCC(=O)NCCCOCC(O)CO. The summed E-state index contributed by atoms with van der Waals surface area (Å²) in [4.78, 5) is 11.6. The molecule has 0 saturated carbocycles. The van der Waals surface area contributed by atoms with Crippen LogP contribution in [0.5, 0.6) is 0 Å². The maximum atomic E-state index is 11.6. The molecule has 0 saturated heterocycles. The first-order chi connectivity index (χ1) is 11.2. The zero-order valence-electron chi connectivity index (χ0n) is 14.9. The summed E-state index contributed by atoms with van der Waals surface area (Å²) < 4.78 is 5.17. The Labute approximate surface area is 141 Å². The van der Waals surface area contributed by atoms with Gasteiger partial charge in [-0.3, -0.25) is 4.79 Å². The highest BCUT2D eigenvalue weighted by molar-refractivity contribution is 5.75. The smallest absolute Gasteiger partial charge is 0.219 e. The summed E-state index contributed by atoms with van der Waals surface area (Å²) in [6.45, 7) is 3.18. The summed E-state index contributed by atoms with van der Waals surface area (Å²) in [7, 11) is 0. The van der Waals surface area contributed by atoms with Crippen molar-refractivity contribution in [1.82, 2.24) is 5.32 Å². The number of aliphatic hydroxyl groups excluding tert-OH is 2. The lowest BCUT2D eigenvalue weighted by atomic mass is 10.1. The molecule has 1 unspecified atom stereocenters. The van der Waals surface area contributed by atoms with Crippen molar-refractivity contribution in [2.75, 3.05) is 26.4 Å². The topological polar surface area (TPSA) is 78.8 Å². The zero-order valence-corrected chi connectivity index (χ0v) is 14.9. The summed E-state index contributed by atoms with van der Waals surface area (Å²) in [5.41, 5.74) is 0. The van der Waals surface area contributed by atoms with Gasteiger partial charge in [0.25, 0.3) is 0 Å². The van der Waals surface area contributed by atoms with E-state index in [2.05, 4.69) is 12.2 Å². The lowest BCUT2D eigenvalue weighted by molar-refractivity contribution is -0.121. The minimum absolute atomic E-state index is 0.114. The summed E-state index contributed by atoms with van der Waals surface area (Å²) in [5, 5.41) is 20.6. The van der Waals surface area contributed by atoms with Crippen LogP contribution in [-0.4, -0.2) is 48.6 Å². The van der Waals surface area contributed by atoms with Crippen molar-refractivity contribution in [3.8, 4) is 0 Å². The second-order valence-corrected chi connectivity index (χ2v) is 6.19. The van der Waals surface area contributed by atoms with Gasteiger partial charge in [0.1, 0.15) is 6.10 Å². The van der Waals surface area contributed by atoms with Crippen molar-refractivity contribution in [3.05, 3.63) is 0 Å². The Kier molecular flexibility index (Phi) is 17.2. The number of ether oxygens (including phenoxy) is 1. The highest BCUT2D eigenvalue weighted by Gasteiger charge is 2.02. The molecule has 138 valence electrons. The minimum atomic E-state index is -0.809. The van der Waals surface area contributed by atoms with Crippen molar-refractivity contribution in [1.29, 1.82) is 0 Å². The van der Waals surface area contributed by atoms with Crippen LogP contribution in [0.4, 0.5) is 0 Å². The number of hydrogen-bond acceptors (Lipinski definition) is 4. The van der Waals surface area contributed by atoms with Crippen molar-refractivity contribution in [3.63, 3.8) is 0 Å². The number of carbonyl (C=O) groups excluding carboxylic acids is 1. The first-order valence-electron chi connectivity index (χ1n) is 9.34. The van der Waals surface area contributed by atoms with Gasteiger partial charge in [-0.1, -0.05) is 58.3 Å². The normalized spacial score (nSPS) is 12.3. The number of aliphatic hydroxyl groups is 2. The van der Waals surface area contributed by atoms with Crippen molar-refractivity contribution in [2.24, 2.45) is 0 Å². The molecule has 0 rings (SSSR count). The van der Waals surface area contributed by atoms with Crippen LogP contribution in [0.25, 0.3) is 0 Å². The first-order valence-corrected chi connectivity index (χ1v) is 9.34. The number of amides is 1. The van der Waals surface area contributed by atoms with Gasteiger partial charge in [0.05, 0.1) is 13.2 Å². The molecule has 0 radical (unpaired) electrons. The van der Waals surface area contributed by atoms with Crippen LogP contribution in [-0.2, 0) is 9.53 Å². The predicted molar refractivity (Wildman–Crippen MR) is 93.4 cm³/mol. The molecule has 0 aromatic carbocycles. The fourth-order valence-electron chi connectivity index (χ4n) is 2.36. The Balaban J connectivity index is 3.19. The van der Waals surface area contributed by atoms with E-state index in [1.165, 1.54) is 44.9 Å². The molecule has 0 fully saturated rings. The summed E-state index contributed by atoms with van der Waals surface area (Å²) in [6, 6.07) is 0. The quantitative estimate of drug-likeness (QED) is 0.358. The van der Waals surface area contributed by atoms with Crippen LogP contribution in [0.3, 0.4) is 0 Å². The van der Waals surface area contributed by atoms with Crippen molar-refractivity contribution < 1.29 is 19.7 Å². The van der Waals surface area contributed by atoms with Crippen molar-refractivity contribution >= 4 is 5.91 Å². The summed E-state index contributed by atoms with van der Waals surface area (Å²) in [6.07, 6.45) is 11.9. The number of unbranched alkanes of at least 4 members (excludes halogenated alkanes) is 8. The van der Waals surface area contributed by atoms with Gasteiger partial charge >= 0.3 is 0 Å². The van der Waals surface area contributed by atoms with Gasteiger partial charge in [0, 0.05) is 19.6 Å². The summed E-state index contributed by atoms with van der Waals surface area (Å²) >= 11 is 0. The molecule has 0 aromatic rings. The molecule has 3 N–H and O–H groups in total.